The van der Waals surface area contributed by atoms with Crippen LogP contribution in [0.1, 0.15) is 30.9 Å². The second kappa shape index (κ2) is 10.1. The third-order valence-corrected chi connectivity index (χ3v) is 5.32. The fourth-order valence-electron chi connectivity index (χ4n) is 2.37. The first-order valence-electron chi connectivity index (χ1n) is 8.59. The molecule has 2 aromatic carbocycles. The van der Waals surface area contributed by atoms with Crippen LogP contribution in [0.25, 0.3) is 0 Å². The highest BCUT2D eigenvalue weighted by Gasteiger charge is 2.31. The Morgan fingerprint density at radius 2 is 1.93 bits per heavy atom. The van der Waals surface area contributed by atoms with Crippen molar-refractivity contribution < 1.29 is 31.9 Å². The Bertz CT molecular complexity index is 908. The van der Waals surface area contributed by atoms with Gasteiger partial charge in [0.15, 0.2) is 8.03 Å². The largest absolute Gasteiger partial charge is 0.456 e. The maximum Gasteiger partial charge on any atom is 0.416 e. The van der Waals surface area contributed by atoms with Crippen LogP contribution in [0.5, 0.6) is 11.5 Å². The maximum absolute atomic E-state index is 12.7. The van der Waals surface area contributed by atoms with Gasteiger partial charge in [0.2, 0.25) is 0 Å². The van der Waals surface area contributed by atoms with Gasteiger partial charge in [-0.25, -0.2) is 0 Å². The summed E-state index contributed by atoms with van der Waals surface area (Å²) in [6.07, 6.45) is -3.14. The number of hydrogen-bond acceptors (Lipinski definition) is 5. The SMILES string of the molecule is CCCCO[PH](=O)Cc1cc(Oc2ccc(C(F)(F)F)cc2Cl)ccc1[N+](=O)[O-]. The van der Waals surface area contributed by atoms with Gasteiger partial charge in [0.1, 0.15) is 11.5 Å². The predicted molar refractivity (Wildman–Crippen MR) is 103 cm³/mol. The lowest BCUT2D eigenvalue weighted by Gasteiger charge is -2.12. The second-order valence-corrected chi connectivity index (χ2v) is 7.84. The second-order valence-electron chi connectivity index (χ2n) is 6.04. The quantitative estimate of drug-likeness (QED) is 0.180. The van der Waals surface area contributed by atoms with Gasteiger partial charge in [-0.05, 0) is 36.8 Å². The molecule has 0 aliphatic rings. The van der Waals surface area contributed by atoms with Crippen LogP contribution in [0.15, 0.2) is 36.4 Å². The highest BCUT2D eigenvalue weighted by molar-refractivity contribution is 7.38. The molecule has 0 saturated carbocycles. The van der Waals surface area contributed by atoms with Gasteiger partial charge in [0.25, 0.3) is 5.69 Å². The van der Waals surface area contributed by atoms with Crippen molar-refractivity contribution in [2.24, 2.45) is 0 Å². The molecule has 2 rings (SSSR count). The minimum atomic E-state index is -4.55. The minimum Gasteiger partial charge on any atom is -0.456 e. The molecule has 0 N–H and O–H groups in total. The number of nitrogens with zero attached hydrogens (tertiary/aromatic N) is 1. The van der Waals surface area contributed by atoms with Crippen molar-refractivity contribution in [2.45, 2.75) is 32.1 Å². The molecule has 0 aromatic heterocycles. The minimum absolute atomic E-state index is 0.0497. The van der Waals surface area contributed by atoms with E-state index in [1.165, 1.54) is 18.2 Å². The molecule has 0 aliphatic heterocycles. The summed E-state index contributed by atoms with van der Waals surface area (Å²) in [6.45, 7) is 2.23. The number of alkyl halides is 3. The number of unbranched alkanes of at least 4 members (excludes halogenated alkanes) is 1. The van der Waals surface area contributed by atoms with E-state index in [4.69, 9.17) is 20.9 Å². The van der Waals surface area contributed by atoms with Crippen molar-refractivity contribution in [3.05, 3.63) is 62.7 Å². The summed E-state index contributed by atoms with van der Waals surface area (Å²) in [5.74, 6) is 0.0573. The summed E-state index contributed by atoms with van der Waals surface area (Å²) in [7, 11) is -2.55. The maximum atomic E-state index is 12.7. The molecular weight excluding hydrogens is 434 g/mol. The van der Waals surface area contributed by atoms with E-state index in [1.807, 2.05) is 6.92 Å². The average Bonchev–Trinajstić information content (AvgIpc) is 2.62. The Labute approximate surface area is 170 Å². The first-order chi connectivity index (χ1) is 13.6. The summed E-state index contributed by atoms with van der Waals surface area (Å²) in [4.78, 5) is 10.6. The number of ether oxygens (including phenoxy) is 1. The summed E-state index contributed by atoms with van der Waals surface area (Å²) in [5.41, 5.74) is -1.05. The smallest absolute Gasteiger partial charge is 0.416 e. The molecule has 6 nitrogen and oxygen atoms in total. The van der Waals surface area contributed by atoms with Crippen molar-refractivity contribution in [1.29, 1.82) is 0 Å². The normalized spacial score (nSPS) is 12.6. The standard InChI is InChI=1S/C18H18ClF3NO5P/c1-2-3-8-27-29(26)11-12-9-14(5-6-16(12)23(24)25)28-17-7-4-13(10-15(17)19)18(20,21)22/h4-7,9-10,29H,2-3,8,11H2,1H3. The first kappa shape index (κ1) is 23.2. The van der Waals surface area contributed by atoms with Crippen LogP contribution in [0.2, 0.25) is 5.02 Å². The van der Waals surface area contributed by atoms with Crippen molar-refractivity contribution in [3.63, 3.8) is 0 Å². The van der Waals surface area contributed by atoms with Crippen molar-refractivity contribution in [1.82, 2.24) is 0 Å². The van der Waals surface area contributed by atoms with E-state index in [-0.39, 0.29) is 33.9 Å². The fraction of sp³-hybridized carbons (Fsp3) is 0.333. The molecule has 0 radical (unpaired) electrons. The number of hydrogen-bond donors (Lipinski definition) is 0. The number of halogens is 4. The monoisotopic (exact) mass is 451 g/mol. The fourth-order valence-corrected chi connectivity index (χ4v) is 3.66. The third-order valence-electron chi connectivity index (χ3n) is 3.83. The Morgan fingerprint density at radius 3 is 2.52 bits per heavy atom. The summed E-state index contributed by atoms with van der Waals surface area (Å²) < 4.78 is 61.0. The summed E-state index contributed by atoms with van der Waals surface area (Å²) in [5, 5.41) is 11.0. The highest BCUT2D eigenvalue weighted by atomic mass is 35.5. The van der Waals surface area contributed by atoms with Crippen molar-refractivity contribution in [2.75, 3.05) is 6.61 Å². The Kier molecular flexibility index (Phi) is 8.07. The van der Waals surface area contributed by atoms with Gasteiger partial charge in [-0.1, -0.05) is 24.9 Å². The molecule has 1 unspecified atom stereocenters. The molecule has 2 aromatic rings. The molecule has 0 amide bonds. The van der Waals surface area contributed by atoms with Crippen LogP contribution in [0.4, 0.5) is 18.9 Å². The zero-order chi connectivity index (χ0) is 21.6. The van der Waals surface area contributed by atoms with E-state index in [1.54, 1.807) is 0 Å². The Morgan fingerprint density at radius 1 is 1.21 bits per heavy atom. The summed E-state index contributed by atoms with van der Waals surface area (Å²) >= 11 is 5.86. The molecule has 0 fully saturated rings. The Balaban J connectivity index is 2.24. The van der Waals surface area contributed by atoms with Crippen LogP contribution in [0.3, 0.4) is 0 Å². The number of nitro groups is 1. The van der Waals surface area contributed by atoms with Crippen LogP contribution in [-0.2, 0) is 21.4 Å². The van der Waals surface area contributed by atoms with E-state index in [0.29, 0.717) is 13.0 Å². The first-order valence-corrected chi connectivity index (χ1v) is 10.5. The molecule has 0 aliphatic carbocycles. The predicted octanol–water partition coefficient (Wildman–Crippen LogP) is 6.85. The lowest BCUT2D eigenvalue weighted by Crippen LogP contribution is -2.04. The Hall–Kier alpha value is -2.09. The summed E-state index contributed by atoms with van der Waals surface area (Å²) in [6, 6.07) is 6.35. The molecular formula is C18H18ClF3NO5P. The number of nitro benzene ring substituents is 1. The molecule has 0 saturated heterocycles. The number of rotatable bonds is 9. The molecule has 29 heavy (non-hydrogen) atoms. The van der Waals surface area contributed by atoms with Crippen molar-refractivity contribution in [3.8, 4) is 11.5 Å². The molecule has 11 heteroatoms. The van der Waals surface area contributed by atoms with E-state index in [0.717, 1.165) is 24.6 Å². The number of benzene rings is 2. The van der Waals surface area contributed by atoms with Gasteiger partial charge in [-0.2, -0.15) is 13.2 Å². The van der Waals surface area contributed by atoms with Gasteiger partial charge < -0.3 is 9.26 Å². The molecule has 158 valence electrons. The lowest BCUT2D eigenvalue weighted by molar-refractivity contribution is -0.385. The zero-order valence-electron chi connectivity index (χ0n) is 15.3. The average molecular weight is 452 g/mol. The van der Waals surface area contributed by atoms with Gasteiger partial charge >= 0.3 is 6.18 Å². The van der Waals surface area contributed by atoms with Gasteiger partial charge in [0.05, 0.1) is 28.3 Å². The highest BCUT2D eigenvalue weighted by Crippen LogP contribution is 2.39. The molecule has 0 bridgehead atoms. The third kappa shape index (κ3) is 6.73. The van der Waals surface area contributed by atoms with Gasteiger partial charge in [-0.3, -0.25) is 14.7 Å². The zero-order valence-corrected chi connectivity index (χ0v) is 17.0. The molecule has 0 heterocycles. The van der Waals surface area contributed by atoms with Crippen LogP contribution in [0, 0.1) is 10.1 Å². The lowest BCUT2D eigenvalue weighted by atomic mass is 10.2. The molecule has 0 spiro atoms. The van der Waals surface area contributed by atoms with E-state index in [9.17, 15) is 27.9 Å². The topological polar surface area (TPSA) is 78.7 Å². The van der Waals surface area contributed by atoms with Crippen LogP contribution in [-0.4, -0.2) is 11.5 Å². The van der Waals surface area contributed by atoms with Crippen molar-refractivity contribution >= 4 is 25.3 Å². The van der Waals surface area contributed by atoms with E-state index >= 15 is 0 Å². The molecule has 1 atom stereocenters. The van der Waals surface area contributed by atoms with E-state index in [2.05, 4.69) is 0 Å². The van der Waals surface area contributed by atoms with Crippen LogP contribution < -0.4 is 4.74 Å². The van der Waals surface area contributed by atoms with E-state index < -0.39 is 24.7 Å². The van der Waals surface area contributed by atoms with Crippen LogP contribution >= 0.6 is 19.6 Å². The van der Waals surface area contributed by atoms with Gasteiger partial charge in [-0.15, -0.1) is 0 Å². The van der Waals surface area contributed by atoms with Gasteiger partial charge in [0, 0.05) is 11.6 Å².